The number of terminal acetylenes is 1. The largest absolute Gasteiger partial charge is 0.304 e. The lowest BCUT2D eigenvalue weighted by molar-refractivity contribution is -0.384. The SMILES string of the molecule is C#CCn1c(=NC(=O)c2ccc([N+](=O)[O-])cc2)sc2cc(C)cc(C)c21. The molecule has 0 atom stereocenters. The predicted octanol–water partition coefficient (Wildman–Crippen LogP) is 3.60. The van der Waals surface area contributed by atoms with Gasteiger partial charge in [0, 0.05) is 17.7 Å². The lowest BCUT2D eigenvalue weighted by Crippen LogP contribution is -2.17. The Kier molecular flexibility index (Phi) is 4.69. The Labute approximate surface area is 153 Å². The second-order valence-corrected chi connectivity index (χ2v) is 6.83. The van der Waals surface area contributed by atoms with Crippen molar-refractivity contribution in [1.82, 2.24) is 4.57 Å². The summed E-state index contributed by atoms with van der Waals surface area (Å²) < 4.78 is 2.85. The maximum absolute atomic E-state index is 12.5. The van der Waals surface area contributed by atoms with Crippen LogP contribution in [0.1, 0.15) is 21.5 Å². The van der Waals surface area contributed by atoms with Crippen molar-refractivity contribution in [2.45, 2.75) is 20.4 Å². The minimum Gasteiger partial charge on any atom is -0.304 e. The maximum Gasteiger partial charge on any atom is 0.279 e. The Morgan fingerprint density at radius 3 is 2.62 bits per heavy atom. The van der Waals surface area contributed by atoms with Crippen LogP contribution in [0.2, 0.25) is 0 Å². The summed E-state index contributed by atoms with van der Waals surface area (Å²) in [5, 5.41) is 10.7. The lowest BCUT2D eigenvalue weighted by Gasteiger charge is -2.04. The third-order valence-electron chi connectivity index (χ3n) is 3.88. The van der Waals surface area contributed by atoms with E-state index in [2.05, 4.69) is 17.0 Å². The zero-order valence-corrected chi connectivity index (χ0v) is 15.0. The smallest absolute Gasteiger partial charge is 0.279 e. The molecule has 0 bridgehead atoms. The normalized spacial score (nSPS) is 11.5. The number of carbonyl (C=O) groups is 1. The highest BCUT2D eigenvalue weighted by Crippen LogP contribution is 2.23. The molecule has 130 valence electrons. The minimum atomic E-state index is -0.511. The molecule has 0 aliphatic rings. The molecule has 0 saturated carbocycles. The van der Waals surface area contributed by atoms with Crippen LogP contribution in [0.4, 0.5) is 5.69 Å². The molecule has 2 aromatic carbocycles. The maximum atomic E-state index is 12.5. The summed E-state index contributed by atoms with van der Waals surface area (Å²) >= 11 is 1.39. The second kappa shape index (κ2) is 6.94. The first-order valence-corrected chi connectivity index (χ1v) is 8.60. The molecular formula is C19H15N3O3S. The minimum absolute atomic E-state index is 0.0723. The van der Waals surface area contributed by atoms with Gasteiger partial charge in [-0.15, -0.1) is 6.42 Å². The van der Waals surface area contributed by atoms with Gasteiger partial charge >= 0.3 is 0 Å². The molecule has 0 radical (unpaired) electrons. The van der Waals surface area contributed by atoms with E-state index in [4.69, 9.17) is 6.42 Å². The summed E-state index contributed by atoms with van der Waals surface area (Å²) in [5.41, 5.74) is 3.37. The van der Waals surface area contributed by atoms with E-state index in [1.165, 1.54) is 35.6 Å². The first-order valence-electron chi connectivity index (χ1n) is 7.78. The van der Waals surface area contributed by atoms with Crippen LogP contribution in [0.5, 0.6) is 0 Å². The van der Waals surface area contributed by atoms with Gasteiger partial charge in [-0.3, -0.25) is 14.9 Å². The molecule has 0 saturated heterocycles. The number of aryl methyl sites for hydroxylation is 2. The van der Waals surface area contributed by atoms with Crippen molar-refractivity contribution in [1.29, 1.82) is 0 Å². The van der Waals surface area contributed by atoms with Gasteiger partial charge < -0.3 is 4.57 Å². The van der Waals surface area contributed by atoms with Crippen LogP contribution in [-0.2, 0) is 6.54 Å². The fraction of sp³-hybridized carbons (Fsp3) is 0.158. The quantitative estimate of drug-likeness (QED) is 0.404. The molecule has 0 N–H and O–H groups in total. The van der Waals surface area contributed by atoms with Crippen LogP contribution in [0.15, 0.2) is 41.4 Å². The molecule has 3 aromatic rings. The van der Waals surface area contributed by atoms with Crippen molar-refractivity contribution < 1.29 is 9.72 Å². The summed E-state index contributed by atoms with van der Waals surface area (Å²) in [7, 11) is 0. The lowest BCUT2D eigenvalue weighted by atomic mass is 10.1. The second-order valence-electron chi connectivity index (χ2n) is 5.82. The Balaban J connectivity index is 2.12. The number of benzene rings is 2. The Bertz CT molecular complexity index is 1130. The van der Waals surface area contributed by atoms with E-state index in [1.54, 1.807) is 0 Å². The molecule has 0 unspecified atom stereocenters. The van der Waals surface area contributed by atoms with E-state index in [9.17, 15) is 14.9 Å². The molecule has 0 aliphatic carbocycles. The van der Waals surface area contributed by atoms with E-state index in [-0.39, 0.29) is 11.3 Å². The third kappa shape index (κ3) is 3.27. The van der Waals surface area contributed by atoms with Crippen molar-refractivity contribution in [2.75, 3.05) is 0 Å². The average Bonchev–Trinajstić information content (AvgIpc) is 2.92. The molecule has 0 aliphatic heterocycles. The Morgan fingerprint density at radius 2 is 2.00 bits per heavy atom. The van der Waals surface area contributed by atoms with Crippen molar-refractivity contribution in [3.63, 3.8) is 0 Å². The van der Waals surface area contributed by atoms with Crippen LogP contribution in [0.3, 0.4) is 0 Å². The van der Waals surface area contributed by atoms with Gasteiger partial charge in [-0.1, -0.05) is 23.3 Å². The number of amides is 1. The fourth-order valence-corrected chi connectivity index (χ4v) is 4.00. The summed E-state index contributed by atoms with van der Waals surface area (Å²) in [6, 6.07) is 9.48. The fourth-order valence-electron chi connectivity index (χ4n) is 2.79. The number of hydrogen-bond acceptors (Lipinski definition) is 4. The van der Waals surface area contributed by atoms with Gasteiger partial charge in [-0.05, 0) is 43.2 Å². The molecule has 0 spiro atoms. The summed E-state index contributed by atoms with van der Waals surface area (Å²) in [5.74, 6) is 2.13. The average molecular weight is 365 g/mol. The number of thiazole rings is 1. The molecule has 1 amide bonds. The van der Waals surface area contributed by atoms with E-state index in [0.29, 0.717) is 11.3 Å². The number of nitrogens with zero attached hydrogens (tertiary/aromatic N) is 3. The first kappa shape index (κ1) is 17.6. The number of nitro benzene ring substituents is 1. The number of carbonyl (C=O) groups excluding carboxylic acids is 1. The molecule has 1 heterocycles. The number of non-ortho nitro benzene ring substituents is 1. The highest BCUT2D eigenvalue weighted by molar-refractivity contribution is 7.16. The van der Waals surface area contributed by atoms with Crippen molar-refractivity contribution in [3.05, 3.63) is 68.0 Å². The Hall–Kier alpha value is -3.24. The zero-order chi connectivity index (χ0) is 18.8. The molecule has 1 aromatic heterocycles. The van der Waals surface area contributed by atoms with E-state index < -0.39 is 10.8 Å². The number of fused-ring (bicyclic) bond motifs is 1. The van der Waals surface area contributed by atoms with Crippen molar-refractivity contribution >= 4 is 33.1 Å². The molecule has 7 heteroatoms. The van der Waals surface area contributed by atoms with Crippen LogP contribution in [-0.4, -0.2) is 15.4 Å². The van der Waals surface area contributed by atoms with E-state index >= 15 is 0 Å². The van der Waals surface area contributed by atoms with Gasteiger partial charge in [0.1, 0.15) is 0 Å². The molecule has 0 fully saturated rings. The Morgan fingerprint density at radius 1 is 1.31 bits per heavy atom. The topological polar surface area (TPSA) is 77.5 Å². The standard InChI is InChI=1S/C19H15N3O3S/c1-4-9-21-17-13(3)10-12(2)11-16(17)26-19(21)20-18(23)14-5-7-15(8-6-14)22(24)25/h1,5-8,10-11H,9H2,2-3H3. The highest BCUT2D eigenvalue weighted by Gasteiger charge is 2.12. The third-order valence-corrected chi connectivity index (χ3v) is 4.91. The van der Waals surface area contributed by atoms with Gasteiger partial charge in [0.25, 0.3) is 11.6 Å². The summed E-state index contributed by atoms with van der Waals surface area (Å²) in [6.45, 7) is 4.31. The number of nitro groups is 1. The molecular weight excluding hydrogens is 350 g/mol. The molecule has 6 nitrogen and oxygen atoms in total. The van der Waals surface area contributed by atoms with Crippen LogP contribution in [0, 0.1) is 36.3 Å². The first-order chi connectivity index (χ1) is 12.4. The van der Waals surface area contributed by atoms with Crippen LogP contribution in [0.25, 0.3) is 10.2 Å². The van der Waals surface area contributed by atoms with Crippen LogP contribution < -0.4 is 4.80 Å². The van der Waals surface area contributed by atoms with E-state index in [0.717, 1.165) is 21.3 Å². The van der Waals surface area contributed by atoms with Crippen LogP contribution >= 0.6 is 11.3 Å². The number of aromatic nitrogens is 1. The summed E-state index contributed by atoms with van der Waals surface area (Å²) in [4.78, 5) is 27.4. The van der Waals surface area contributed by atoms with Gasteiger partial charge in [0.15, 0.2) is 4.80 Å². The van der Waals surface area contributed by atoms with Gasteiger partial charge in [0.2, 0.25) is 0 Å². The summed E-state index contributed by atoms with van der Waals surface area (Å²) in [6.07, 6.45) is 5.49. The molecule has 3 rings (SSSR count). The monoisotopic (exact) mass is 365 g/mol. The van der Waals surface area contributed by atoms with Crippen molar-refractivity contribution in [3.8, 4) is 12.3 Å². The number of rotatable bonds is 3. The van der Waals surface area contributed by atoms with Gasteiger partial charge in [-0.25, -0.2) is 0 Å². The van der Waals surface area contributed by atoms with Gasteiger partial charge in [0.05, 0.1) is 21.7 Å². The van der Waals surface area contributed by atoms with E-state index in [1.807, 2.05) is 24.5 Å². The highest BCUT2D eigenvalue weighted by atomic mass is 32.1. The molecule has 26 heavy (non-hydrogen) atoms. The number of hydrogen-bond donors (Lipinski definition) is 0. The zero-order valence-electron chi connectivity index (χ0n) is 14.2. The van der Waals surface area contributed by atoms with Gasteiger partial charge in [-0.2, -0.15) is 4.99 Å². The predicted molar refractivity (Wildman–Crippen MR) is 101 cm³/mol. The van der Waals surface area contributed by atoms with Crippen molar-refractivity contribution in [2.24, 2.45) is 4.99 Å².